The summed E-state index contributed by atoms with van der Waals surface area (Å²) in [5, 5.41) is 0. The molecule has 152 valence electrons. The zero-order valence-electron chi connectivity index (χ0n) is 15.9. The molecule has 0 radical (unpaired) electrons. The molecule has 0 saturated carbocycles. The predicted molar refractivity (Wildman–Crippen MR) is 122 cm³/mol. The van der Waals surface area contributed by atoms with Crippen LogP contribution in [0.1, 0.15) is 24.5 Å². The van der Waals surface area contributed by atoms with E-state index >= 15 is 0 Å². The van der Waals surface area contributed by atoms with Crippen LogP contribution in [0.4, 0.5) is 4.39 Å². The highest BCUT2D eigenvalue weighted by Gasteiger charge is 2.31. The Morgan fingerprint density at radius 2 is 2.00 bits per heavy atom. The molecular formula is C21H19BrFNO3S2. The molecule has 1 amide bonds. The Labute approximate surface area is 187 Å². The molecule has 1 fully saturated rings. The highest BCUT2D eigenvalue weighted by Crippen LogP contribution is 2.39. The number of ether oxygens (including phenoxy) is 2. The number of rotatable bonds is 7. The van der Waals surface area contributed by atoms with Gasteiger partial charge in [-0.05, 0) is 63.8 Å². The van der Waals surface area contributed by atoms with Crippen molar-refractivity contribution in [2.45, 2.75) is 20.0 Å². The van der Waals surface area contributed by atoms with Gasteiger partial charge in [-0.1, -0.05) is 43.0 Å². The minimum atomic E-state index is -0.291. The van der Waals surface area contributed by atoms with Crippen LogP contribution >= 0.6 is 39.9 Å². The Morgan fingerprint density at radius 1 is 1.28 bits per heavy atom. The molecule has 0 aliphatic carbocycles. The number of amides is 1. The second-order valence-corrected chi connectivity index (χ2v) is 8.81. The minimum absolute atomic E-state index is 0.0754. The molecule has 8 heteroatoms. The Hall–Kier alpha value is -1.90. The van der Waals surface area contributed by atoms with Crippen molar-refractivity contribution >= 4 is 56.2 Å². The first kappa shape index (κ1) is 21.8. The largest absolute Gasteiger partial charge is 0.493 e. The molecule has 3 rings (SSSR count). The molecular weight excluding hydrogens is 477 g/mol. The molecule has 0 spiro atoms. The maximum Gasteiger partial charge on any atom is 0.266 e. The van der Waals surface area contributed by atoms with Gasteiger partial charge in [0.25, 0.3) is 5.91 Å². The standard InChI is InChI=1S/C21H19BrFNO3S2/c1-3-8-24-20(25)18(29-21(24)28)11-14-9-16(22)19(17(10-14)26-2)27-12-13-4-6-15(23)7-5-13/h4-7,9-11H,3,8,12H2,1-2H3/b18-11-. The summed E-state index contributed by atoms with van der Waals surface area (Å²) in [7, 11) is 1.55. The minimum Gasteiger partial charge on any atom is -0.493 e. The number of methoxy groups -OCH3 is 1. The third kappa shape index (κ3) is 5.18. The third-order valence-corrected chi connectivity index (χ3v) is 6.13. The zero-order chi connectivity index (χ0) is 21.0. The summed E-state index contributed by atoms with van der Waals surface area (Å²) >= 11 is 10.1. The summed E-state index contributed by atoms with van der Waals surface area (Å²) in [6, 6.07) is 9.78. The number of nitrogens with zero attached hydrogens (tertiary/aromatic N) is 1. The van der Waals surface area contributed by atoms with Gasteiger partial charge in [-0.25, -0.2) is 4.39 Å². The number of hydrogen-bond acceptors (Lipinski definition) is 5. The van der Waals surface area contributed by atoms with Crippen LogP contribution in [0.2, 0.25) is 0 Å². The SMILES string of the molecule is CCCN1C(=O)/C(=C/c2cc(Br)c(OCc3ccc(F)cc3)c(OC)c2)SC1=S. The van der Waals surface area contributed by atoms with E-state index in [1.54, 1.807) is 36.3 Å². The van der Waals surface area contributed by atoms with E-state index in [4.69, 9.17) is 21.7 Å². The smallest absolute Gasteiger partial charge is 0.266 e. The fourth-order valence-electron chi connectivity index (χ4n) is 2.77. The number of hydrogen-bond donors (Lipinski definition) is 0. The maximum atomic E-state index is 13.1. The van der Waals surface area contributed by atoms with Gasteiger partial charge in [0.1, 0.15) is 16.7 Å². The van der Waals surface area contributed by atoms with Gasteiger partial charge in [-0.2, -0.15) is 0 Å². The van der Waals surface area contributed by atoms with E-state index in [9.17, 15) is 9.18 Å². The lowest BCUT2D eigenvalue weighted by molar-refractivity contribution is -0.122. The van der Waals surface area contributed by atoms with E-state index in [0.29, 0.717) is 31.7 Å². The van der Waals surface area contributed by atoms with E-state index < -0.39 is 0 Å². The van der Waals surface area contributed by atoms with E-state index in [2.05, 4.69) is 15.9 Å². The molecule has 1 heterocycles. The van der Waals surface area contributed by atoms with E-state index in [0.717, 1.165) is 17.5 Å². The van der Waals surface area contributed by atoms with Gasteiger partial charge in [0.2, 0.25) is 0 Å². The van der Waals surface area contributed by atoms with Crippen molar-refractivity contribution in [3.63, 3.8) is 0 Å². The molecule has 1 saturated heterocycles. The molecule has 0 N–H and O–H groups in total. The molecule has 4 nitrogen and oxygen atoms in total. The van der Waals surface area contributed by atoms with Crippen LogP contribution in [-0.4, -0.2) is 28.8 Å². The van der Waals surface area contributed by atoms with E-state index in [1.165, 1.54) is 23.9 Å². The topological polar surface area (TPSA) is 38.8 Å². The fourth-order valence-corrected chi connectivity index (χ4v) is 4.65. The first-order valence-corrected chi connectivity index (χ1v) is 10.9. The van der Waals surface area contributed by atoms with Gasteiger partial charge < -0.3 is 9.47 Å². The number of carbonyl (C=O) groups excluding carboxylic acids is 1. The summed E-state index contributed by atoms with van der Waals surface area (Å²) in [4.78, 5) is 14.8. The lowest BCUT2D eigenvalue weighted by Crippen LogP contribution is -2.28. The molecule has 2 aromatic rings. The Bertz CT molecular complexity index is 963. The summed E-state index contributed by atoms with van der Waals surface area (Å²) in [5.41, 5.74) is 1.63. The van der Waals surface area contributed by atoms with Gasteiger partial charge in [0.15, 0.2) is 11.5 Å². The Morgan fingerprint density at radius 3 is 2.66 bits per heavy atom. The highest BCUT2D eigenvalue weighted by molar-refractivity contribution is 9.10. The molecule has 1 aliphatic heterocycles. The normalized spacial score (nSPS) is 15.3. The molecule has 0 bridgehead atoms. The maximum absolute atomic E-state index is 13.1. The van der Waals surface area contributed by atoms with Gasteiger partial charge in [0, 0.05) is 6.54 Å². The zero-order valence-corrected chi connectivity index (χ0v) is 19.1. The fraction of sp³-hybridized carbons (Fsp3) is 0.238. The Balaban J connectivity index is 1.82. The van der Waals surface area contributed by atoms with Crippen molar-refractivity contribution in [3.05, 3.63) is 62.7 Å². The number of benzene rings is 2. The summed E-state index contributed by atoms with van der Waals surface area (Å²) in [5.74, 6) is 0.694. The third-order valence-electron chi connectivity index (χ3n) is 4.17. The van der Waals surface area contributed by atoms with E-state index in [-0.39, 0.29) is 18.3 Å². The Kier molecular flexibility index (Phi) is 7.32. The lowest BCUT2D eigenvalue weighted by Gasteiger charge is -2.14. The number of carbonyl (C=O) groups is 1. The van der Waals surface area contributed by atoms with Gasteiger partial charge in [-0.3, -0.25) is 9.69 Å². The van der Waals surface area contributed by atoms with Crippen LogP contribution in [0, 0.1) is 5.82 Å². The summed E-state index contributed by atoms with van der Waals surface area (Å²) < 4.78 is 25.7. The predicted octanol–water partition coefficient (Wildman–Crippen LogP) is 5.79. The quantitative estimate of drug-likeness (QED) is 0.359. The second kappa shape index (κ2) is 9.73. The first-order chi connectivity index (χ1) is 13.9. The number of thioether (sulfide) groups is 1. The summed E-state index contributed by atoms with van der Waals surface area (Å²) in [6.07, 6.45) is 2.64. The van der Waals surface area contributed by atoms with Crippen LogP contribution in [0.5, 0.6) is 11.5 Å². The number of halogens is 2. The van der Waals surface area contributed by atoms with Crippen molar-refractivity contribution in [2.75, 3.05) is 13.7 Å². The highest BCUT2D eigenvalue weighted by atomic mass is 79.9. The first-order valence-electron chi connectivity index (χ1n) is 8.93. The van der Waals surface area contributed by atoms with Crippen molar-refractivity contribution in [3.8, 4) is 11.5 Å². The van der Waals surface area contributed by atoms with Crippen LogP contribution in [0.25, 0.3) is 6.08 Å². The van der Waals surface area contributed by atoms with Crippen molar-refractivity contribution in [2.24, 2.45) is 0 Å². The summed E-state index contributed by atoms with van der Waals surface area (Å²) in [6.45, 7) is 2.89. The molecule has 1 aliphatic rings. The van der Waals surface area contributed by atoms with Gasteiger partial charge in [-0.15, -0.1) is 0 Å². The average Bonchev–Trinajstić information content (AvgIpc) is 2.96. The average molecular weight is 496 g/mol. The van der Waals surface area contributed by atoms with E-state index in [1.807, 2.05) is 13.0 Å². The van der Waals surface area contributed by atoms with Gasteiger partial charge >= 0.3 is 0 Å². The molecule has 29 heavy (non-hydrogen) atoms. The lowest BCUT2D eigenvalue weighted by atomic mass is 10.1. The molecule has 0 aromatic heterocycles. The molecule has 0 unspecified atom stereocenters. The molecule has 2 aromatic carbocycles. The molecule has 0 atom stereocenters. The van der Waals surface area contributed by atoms with Crippen LogP contribution in [0.15, 0.2) is 45.8 Å². The van der Waals surface area contributed by atoms with Crippen LogP contribution in [0.3, 0.4) is 0 Å². The second-order valence-electron chi connectivity index (χ2n) is 6.28. The van der Waals surface area contributed by atoms with Crippen molar-refractivity contribution < 1.29 is 18.7 Å². The van der Waals surface area contributed by atoms with Crippen LogP contribution in [-0.2, 0) is 11.4 Å². The van der Waals surface area contributed by atoms with Gasteiger partial charge in [0.05, 0.1) is 16.5 Å². The number of thiocarbonyl (C=S) groups is 1. The monoisotopic (exact) mass is 495 g/mol. The van der Waals surface area contributed by atoms with Crippen molar-refractivity contribution in [1.29, 1.82) is 0 Å². The van der Waals surface area contributed by atoms with Crippen molar-refractivity contribution in [1.82, 2.24) is 4.90 Å². The van der Waals surface area contributed by atoms with Crippen LogP contribution < -0.4 is 9.47 Å².